The van der Waals surface area contributed by atoms with Crippen molar-refractivity contribution in [2.75, 3.05) is 0 Å². The Morgan fingerprint density at radius 3 is 2.54 bits per heavy atom. The Kier molecular flexibility index (Phi) is 4.11. The van der Waals surface area contributed by atoms with Gasteiger partial charge in [-0.3, -0.25) is 4.79 Å². The Bertz CT molecular complexity index is 917. The number of halogens is 1. The Labute approximate surface area is 136 Å². The van der Waals surface area contributed by atoms with E-state index in [0.717, 1.165) is 0 Å². The molecule has 1 aromatic heterocycles. The zero-order valence-corrected chi connectivity index (χ0v) is 12.4. The first kappa shape index (κ1) is 15.5. The Morgan fingerprint density at radius 1 is 1.00 bits per heavy atom. The molecule has 0 saturated carbocycles. The van der Waals surface area contributed by atoms with Crippen LogP contribution in [-0.4, -0.2) is 11.9 Å². The molecule has 0 aliphatic heterocycles. The minimum atomic E-state index is -0.765. The third-order valence-electron chi connectivity index (χ3n) is 3.28. The van der Waals surface area contributed by atoms with Gasteiger partial charge in [-0.1, -0.05) is 18.2 Å². The van der Waals surface area contributed by atoms with E-state index in [9.17, 15) is 14.0 Å². The first-order chi connectivity index (χ1) is 11.5. The lowest BCUT2D eigenvalue weighted by atomic mass is 10.1. The number of hydrogen-bond acceptors (Lipinski definition) is 4. The van der Waals surface area contributed by atoms with Crippen LogP contribution in [0.2, 0.25) is 0 Å². The first-order valence-corrected chi connectivity index (χ1v) is 7.01. The molecular weight excluding hydrogens is 313 g/mol. The molecule has 0 fully saturated rings. The average molecular weight is 325 g/mol. The highest BCUT2D eigenvalue weighted by Gasteiger charge is 2.16. The van der Waals surface area contributed by atoms with Gasteiger partial charge in [0.1, 0.15) is 17.3 Å². The normalized spacial score (nSPS) is 10.4. The van der Waals surface area contributed by atoms with E-state index in [4.69, 9.17) is 14.9 Å². The lowest BCUT2D eigenvalue weighted by molar-refractivity contribution is 0.0701. The number of furan rings is 1. The number of amides is 1. The number of benzene rings is 2. The fraction of sp³-hybridized carbons (Fsp3) is 0. The molecule has 0 unspecified atom stereocenters. The van der Waals surface area contributed by atoms with Gasteiger partial charge in [-0.25, -0.2) is 9.18 Å². The van der Waals surface area contributed by atoms with Crippen LogP contribution >= 0.6 is 0 Å². The second kappa shape index (κ2) is 6.37. The molecule has 6 heteroatoms. The van der Waals surface area contributed by atoms with Gasteiger partial charge in [-0.05, 0) is 42.5 Å². The SMILES string of the molecule is NC(=O)c1cccc(OC(=O)c2ccc(-c3ccccc3F)o2)c1. The fourth-order valence-electron chi connectivity index (χ4n) is 2.12. The Hall–Kier alpha value is -3.41. The van der Waals surface area contributed by atoms with Crippen LogP contribution in [-0.2, 0) is 0 Å². The molecule has 3 aromatic rings. The second-order valence-electron chi connectivity index (χ2n) is 4.93. The summed E-state index contributed by atoms with van der Waals surface area (Å²) in [4.78, 5) is 23.2. The van der Waals surface area contributed by atoms with Crippen LogP contribution in [0.1, 0.15) is 20.9 Å². The van der Waals surface area contributed by atoms with Crippen LogP contribution in [0.4, 0.5) is 4.39 Å². The molecule has 0 aliphatic carbocycles. The summed E-state index contributed by atoms with van der Waals surface area (Å²) in [6.07, 6.45) is 0. The predicted molar refractivity (Wildman–Crippen MR) is 84.0 cm³/mol. The maximum absolute atomic E-state index is 13.7. The molecule has 5 nitrogen and oxygen atoms in total. The Morgan fingerprint density at radius 2 is 1.79 bits per heavy atom. The summed E-state index contributed by atoms with van der Waals surface area (Å²) in [6.45, 7) is 0. The van der Waals surface area contributed by atoms with E-state index in [0.29, 0.717) is 0 Å². The van der Waals surface area contributed by atoms with Gasteiger partial charge in [-0.2, -0.15) is 0 Å². The number of rotatable bonds is 4. The van der Waals surface area contributed by atoms with Gasteiger partial charge < -0.3 is 14.9 Å². The van der Waals surface area contributed by atoms with Crippen LogP contribution < -0.4 is 10.5 Å². The van der Waals surface area contributed by atoms with Crippen LogP contribution in [0, 0.1) is 5.82 Å². The van der Waals surface area contributed by atoms with Crippen LogP contribution in [0.5, 0.6) is 5.75 Å². The summed E-state index contributed by atoms with van der Waals surface area (Å²) in [5, 5.41) is 0. The van der Waals surface area contributed by atoms with E-state index in [1.807, 2.05) is 0 Å². The fourth-order valence-corrected chi connectivity index (χ4v) is 2.12. The summed E-state index contributed by atoms with van der Waals surface area (Å²) in [7, 11) is 0. The number of esters is 1. The molecule has 120 valence electrons. The second-order valence-corrected chi connectivity index (χ2v) is 4.93. The number of nitrogens with two attached hydrogens (primary N) is 1. The van der Waals surface area contributed by atoms with Gasteiger partial charge in [0.25, 0.3) is 0 Å². The lowest BCUT2D eigenvalue weighted by Crippen LogP contribution is -2.12. The van der Waals surface area contributed by atoms with Gasteiger partial charge in [0, 0.05) is 5.56 Å². The lowest BCUT2D eigenvalue weighted by Gasteiger charge is -2.03. The predicted octanol–water partition coefficient (Wildman–Crippen LogP) is 3.40. The maximum Gasteiger partial charge on any atom is 0.379 e. The van der Waals surface area contributed by atoms with Gasteiger partial charge in [0.15, 0.2) is 0 Å². The van der Waals surface area contributed by atoms with E-state index in [1.54, 1.807) is 18.2 Å². The summed E-state index contributed by atoms with van der Waals surface area (Å²) in [5.41, 5.74) is 5.63. The highest BCUT2D eigenvalue weighted by molar-refractivity contribution is 5.94. The monoisotopic (exact) mass is 325 g/mol. The molecule has 2 aromatic carbocycles. The van der Waals surface area contributed by atoms with E-state index >= 15 is 0 Å². The molecule has 1 heterocycles. The van der Waals surface area contributed by atoms with Gasteiger partial charge in [-0.15, -0.1) is 0 Å². The summed E-state index contributed by atoms with van der Waals surface area (Å²) in [5.74, 6) is -1.57. The minimum absolute atomic E-state index is 0.0854. The standard InChI is InChI=1S/C18H12FNO4/c19-14-7-2-1-6-13(14)15-8-9-16(24-15)18(22)23-12-5-3-4-11(10-12)17(20)21/h1-10H,(H2,20,21). The largest absolute Gasteiger partial charge is 0.449 e. The van der Waals surface area contributed by atoms with Crippen molar-refractivity contribution >= 4 is 11.9 Å². The van der Waals surface area contributed by atoms with E-state index in [2.05, 4.69) is 0 Å². The Balaban J connectivity index is 1.81. The van der Waals surface area contributed by atoms with Crippen molar-refractivity contribution in [2.45, 2.75) is 0 Å². The molecule has 0 saturated heterocycles. The number of hydrogen-bond donors (Lipinski definition) is 1. The number of carbonyl (C=O) groups is 2. The van der Waals surface area contributed by atoms with Crippen molar-refractivity contribution in [2.24, 2.45) is 5.73 Å². The average Bonchev–Trinajstić information content (AvgIpc) is 3.05. The quantitative estimate of drug-likeness (QED) is 0.588. The third kappa shape index (κ3) is 3.17. The van der Waals surface area contributed by atoms with Crippen molar-refractivity contribution in [3.63, 3.8) is 0 Å². The van der Waals surface area contributed by atoms with Crippen molar-refractivity contribution in [3.05, 3.63) is 77.8 Å². The smallest absolute Gasteiger partial charge is 0.379 e. The number of ether oxygens (including phenoxy) is 1. The molecule has 1 amide bonds. The van der Waals surface area contributed by atoms with Crippen molar-refractivity contribution < 1.29 is 23.1 Å². The zero-order valence-electron chi connectivity index (χ0n) is 12.4. The van der Waals surface area contributed by atoms with E-state index in [1.165, 1.54) is 42.5 Å². The topological polar surface area (TPSA) is 82.5 Å². The molecule has 0 radical (unpaired) electrons. The van der Waals surface area contributed by atoms with Gasteiger partial charge >= 0.3 is 5.97 Å². The molecular formula is C18H12FNO4. The molecule has 2 N–H and O–H groups in total. The van der Waals surface area contributed by atoms with Crippen molar-refractivity contribution in [3.8, 4) is 17.1 Å². The van der Waals surface area contributed by atoms with Crippen LogP contribution in [0.25, 0.3) is 11.3 Å². The molecule has 0 atom stereocenters. The van der Waals surface area contributed by atoms with Gasteiger partial charge in [0.05, 0.1) is 5.56 Å². The molecule has 0 spiro atoms. The zero-order chi connectivity index (χ0) is 17.1. The number of carbonyl (C=O) groups excluding carboxylic acids is 2. The summed E-state index contributed by atoms with van der Waals surface area (Å²) in [6, 6.07) is 14.8. The van der Waals surface area contributed by atoms with Crippen LogP contribution in [0.3, 0.4) is 0 Å². The highest BCUT2D eigenvalue weighted by atomic mass is 19.1. The van der Waals surface area contributed by atoms with Gasteiger partial charge in [0.2, 0.25) is 11.7 Å². The molecule has 3 rings (SSSR count). The maximum atomic E-state index is 13.7. The van der Waals surface area contributed by atoms with E-state index < -0.39 is 17.7 Å². The molecule has 0 bridgehead atoms. The van der Waals surface area contributed by atoms with Crippen LogP contribution in [0.15, 0.2) is 65.1 Å². The van der Waals surface area contributed by atoms with Crippen molar-refractivity contribution in [1.82, 2.24) is 0 Å². The minimum Gasteiger partial charge on any atom is -0.449 e. The number of primary amides is 1. The third-order valence-corrected chi connectivity index (χ3v) is 3.28. The summed E-state index contributed by atoms with van der Waals surface area (Å²) >= 11 is 0. The summed E-state index contributed by atoms with van der Waals surface area (Å²) < 4.78 is 24.2. The highest BCUT2D eigenvalue weighted by Crippen LogP contribution is 2.25. The van der Waals surface area contributed by atoms with Crippen molar-refractivity contribution in [1.29, 1.82) is 0 Å². The first-order valence-electron chi connectivity index (χ1n) is 7.01. The molecule has 24 heavy (non-hydrogen) atoms. The molecule has 0 aliphatic rings. The van der Waals surface area contributed by atoms with E-state index in [-0.39, 0.29) is 28.4 Å².